The zero-order valence-electron chi connectivity index (χ0n) is 10.8. The number of hydrogen-bond acceptors (Lipinski definition) is 2. The van der Waals surface area contributed by atoms with E-state index in [2.05, 4.69) is 40.2 Å². The van der Waals surface area contributed by atoms with Crippen LogP contribution in [0.1, 0.15) is 11.1 Å². The molecule has 0 aliphatic rings. The molecule has 0 saturated heterocycles. The normalized spacial score (nSPS) is 10.6. The van der Waals surface area contributed by atoms with Crippen LogP contribution in [0.5, 0.6) is 0 Å². The summed E-state index contributed by atoms with van der Waals surface area (Å²) in [5, 5.41) is 12.3. The molecule has 0 fully saturated rings. The van der Waals surface area contributed by atoms with Gasteiger partial charge in [0.1, 0.15) is 5.76 Å². The van der Waals surface area contributed by atoms with Crippen LogP contribution in [0, 0.1) is 11.3 Å². The van der Waals surface area contributed by atoms with Crippen molar-refractivity contribution in [2.45, 2.75) is 6.42 Å². The quantitative estimate of drug-likeness (QED) is 0.641. The van der Waals surface area contributed by atoms with Gasteiger partial charge in [0.05, 0.1) is 17.9 Å². The summed E-state index contributed by atoms with van der Waals surface area (Å²) in [5.74, 6) is 0.766. The number of fused-ring (bicyclic) bond motifs is 1. The molecule has 0 bridgehead atoms. The van der Waals surface area contributed by atoms with Crippen molar-refractivity contribution < 1.29 is 4.42 Å². The Bertz CT molecular complexity index is 798. The Morgan fingerprint density at radius 3 is 2.80 bits per heavy atom. The van der Waals surface area contributed by atoms with E-state index in [0.29, 0.717) is 5.56 Å². The lowest BCUT2D eigenvalue weighted by Gasteiger charge is -2.02. The topological polar surface area (TPSA) is 36.9 Å². The predicted octanol–water partition coefficient (Wildman–Crippen LogP) is 4.91. The number of hydrogen-bond donors (Lipinski definition) is 0. The zero-order valence-corrected chi connectivity index (χ0v) is 12.4. The van der Waals surface area contributed by atoms with E-state index in [9.17, 15) is 5.26 Å². The van der Waals surface area contributed by atoms with E-state index < -0.39 is 0 Å². The lowest BCUT2D eigenvalue weighted by atomic mass is 10.0. The van der Waals surface area contributed by atoms with Crippen molar-refractivity contribution in [1.29, 1.82) is 5.26 Å². The monoisotopic (exact) mass is 325 g/mol. The highest BCUT2D eigenvalue weighted by molar-refractivity contribution is 9.09. The van der Waals surface area contributed by atoms with E-state index >= 15 is 0 Å². The van der Waals surface area contributed by atoms with Gasteiger partial charge < -0.3 is 4.42 Å². The molecule has 0 unspecified atom stereocenters. The molecule has 20 heavy (non-hydrogen) atoms. The lowest BCUT2D eigenvalue weighted by molar-refractivity contribution is 0.587. The summed E-state index contributed by atoms with van der Waals surface area (Å²) in [6.07, 6.45) is 2.75. The van der Waals surface area contributed by atoms with Crippen molar-refractivity contribution in [2.24, 2.45) is 0 Å². The predicted molar refractivity (Wildman–Crippen MR) is 83.9 cm³/mol. The molecular formula is C17H12BrNO. The number of halogens is 1. The second-order valence-corrected chi connectivity index (χ2v) is 5.38. The second-order valence-electron chi connectivity index (χ2n) is 4.58. The van der Waals surface area contributed by atoms with Gasteiger partial charge in [-0.25, -0.2) is 0 Å². The third kappa shape index (κ3) is 2.23. The summed E-state index contributed by atoms with van der Waals surface area (Å²) in [6.45, 7) is 0. The molecular weight excluding hydrogens is 314 g/mol. The maximum Gasteiger partial charge on any atom is 0.143 e. The van der Waals surface area contributed by atoms with Crippen LogP contribution in [0.2, 0.25) is 0 Å². The van der Waals surface area contributed by atoms with Crippen LogP contribution in [0.3, 0.4) is 0 Å². The summed E-state index contributed by atoms with van der Waals surface area (Å²) >= 11 is 3.45. The van der Waals surface area contributed by atoms with Gasteiger partial charge in [-0.1, -0.05) is 40.2 Å². The fourth-order valence-corrected chi connectivity index (χ4v) is 2.81. The largest absolute Gasteiger partial charge is 0.463 e. The Balaban J connectivity index is 2.16. The molecule has 0 N–H and O–H groups in total. The molecule has 3 heteroatoms. The second kappa shape index (κ2) is 5.52. The number of benzene rings is 2. The maximum atomic E-state index is 9.21. The van der Waals surface area contributed by atoms with E-state index in [1.165, 1.54) is 5.56 Å². The third-order valence-corrected chi connectivity index (χ3v) is 3.74. The van der Waals surface area contributed by atoms with Crippen LogP contribution in [0.4, 0.5) is 0 Å². The Kier molecular flexibility index (Phi) is 3.58. The highest BCUT2D eigenvalue weighted by atomic mass is 79.9. The Morgan fingerprint density at radius 2 is 2.00 bits per heavy atom. The van der Waals surface area contributed by atoms with Crippen molar-refractivity contribution in [3.05, 3.63) is 59.9 Å². The van der Waals surface area contributed by atoms with E-state index in [1.54, 1.807) is 6.26 Å². The van der Waals surface area contributed by atoms with Crippen molar-refractivity contribution in [1.82, 2.24) is 0 Å². The summed E-state index contributed by atoms with van der Waals surface area (Å²) in [6, 6.07) is 16.0. The molecule has 2 nitrogen and oxygen atoms in total. The van der Waals surface area contributed by atoms with E-state index in [-0.39, 0.29) is 0 Å². The number of rotatable bonds is 3. The number of nitriles is 1. The van der Waals surface area contributed by atoms with Gasteiger partial charge in [-0.3, -0.25) is 0 Å². The minimum Gasteiger partial charge on any atom is -0.463 e. The number of furan rings is 1. The van der Waals surface area contributed by atoms with Gasteiger partial charge in [0, 0.05) is 21.7 Å². The number of nitrogens with zero attached hydrogens (tertiary/aromatic N) is 1. The van der Waals surface area contributed by atoms with Crippen LogP contribution >= 0.6 is 15.9 Å². The fourth-order valence-electron chi connectivity index (χ4n) is 2.35. The van der Waals surface area contributed by atoms with Crippen LogP contribution in [-0.4, -0.2) is 5.33 Å². The number of alkyl halides is 1. The van der Waals surface area contributed by atoms with Gasteiger partial charge >= 0.3 is 0 Å². The van der Waals surface area contributed by atoms with E-state index in [0.717, 1.165) is 33.8 Å². The Labute approximate surface area is 125 Å². The smallest absolute Gasteiger partial charge is 0.143 e. The average Bonchev–Trinajstić information content (AvgIpc) is 2.90. The van der Waals surface area contributed by atoms with E-state index in [1.807, 2.05) is 24.3 Å². The molecule has 2 aromatic carbocycles. The Hall–Kier alpha value is -2.05. The summed E-state index contributed by atoms with van der Waals surface area (Å²) in [5.41, 5.74) is 2.75. The van der Waals surface area contributed by atoms with Crippen molar-refractivity contribution >= 4 is 26.7 Å². The van der Waals surface area contributed by atoms with Gasteiger partial charge in [0.2, 0.25) is 0 Å². The summed E-state index contributed by atoms with van der Waals surface area (Å²) < 4.78 is 5.71. The summed E-state index contributed by atoms with van der Waals surface area (Å²) in [7, 11) is 0. The minimum absolute atomic E-state index is 0.633. The standard InChI is InChI=1S/C17H12BrNO/c18-8-7-12-5-6-16-14(9-12)11-20-17(16)15-4-2-1-3-13(15)10-19/h1-6,9,11H,7-8H2. The van der Waals surface area contributed by atoms with Crippen LogP contribution in [-0.2, 0) is 6.42 Å². The third-order valence-electron chi connectivity index (χ3n) is 3.34. The van der Waals surface area contributed by atoms with Crippen molar-refractivity contribution in [3.63, 3.8) is 0 Å². The molecule has 0 saturated carbocycles. The molecule has 0 aliphatic carbocycles. The first-order valence-electron chi connectivity index (χ1n) is 6.39. The van der Waals surface area contributed by atoms with Crippen molar-refractivity contribution in [2.75, 3.05) is 5.33 Å². The first-order valence-corrected chi connectivity index (χ1v) is 7.51. The summed E-state index contributed by atoms with van der Waals surface area (Å²) in [4.78, 5) is 0. The molecule has 0 spiro atoms. The van der Waals surface area contributed by atoms with Crippen LogP contribution in [0.25, 0.3) is 22.1 Å². The highest BCUT2D eigenvalue weighted by Gasteiger charge is 2.12. The molecule has 3 aromatic rings. The molecule has 0 atom stereocenters. The maximum absolute atomic E-state index is 9.21. The Morgan fingerprint density at radius 1 is 1.15 bits per heavy atom. The molecule has 3 rings (SSSR count). The molecule has 1 heterocycles. The zero-order chi connectivity index (χ0) is 13.9. The first kappa shape index (κ1) is 13.0. The SMILES string of the molecule is N#Cc1ccccc1-c1occ2cc(CCBr)ccc12. The van der Waals surface area contributed by atoms with Gasteiger partial charge in [0.15, 0.2) is 0 Å². The van der Waals surface area contributed by atoms with Gasteiger partial charge in [-0.2, -0.15) is 5.26 Å². The molecule has 0 radical (unpaired) electrons. The first-order chi connectivity index (χ1) is 9.83. The minimum atomic E-state index is 0.633. The van der Waals surface area contributed by atoms with Gasteiger partial charge in [0.25, 0.3) is 0 Å². The van der Waals surface area contributed by atoms with Gasteiger partial charge in [-0.05, 0) is 30.2 Å². The van der Waals surface area contributed by atoms with Gasteiger partial charge in [-0.15, -0.1) is 0 Å². The molecule has 0 aliphatic heterocycles. The molecule has 1 aromatic heterocycles. The molecule has 0 amide bonds. The van der Waals surface area contributed by atoms with Crippen LogP contribution in [0.15, 0.2) is 53.1 Å². The molecule has 98 valence electrons. The number of aryl methyl sites for hydroxylation is 1. The average molecular weight is 326 g/mol. The highest BCUT2D eigenvalue weighted by Crippen LogP contribution is 2.33. The fraction of sp³-hybridized carbons (Fsp3) is 0.118. The van der Waals surface area contributed by atoms with E-state index in [4.69, 9.17) is 4.42 Å². The lowest BCUT2D eigenvalue weighted by Crippen LogP contribution is -1.85. The van der Waals surface area contributed by atoms with Crippen molar-refractivity contribution in [3.8, 4) is 17.4 Å². The van der Waals surface area contributed by atoms with Crippen LogP contribution < -0.4 is 0 Å².